The number of cyclic esters (lactones) is 1. The molecule has 1 heterocycles. The summed E-state index contributed by atoms with van der Waals surface area (Å²) in [5, 5.41) is 0. The molecule has 1 aliphatic rings. The molecule has 0 saturated heterocycles. The van der Waals surface area contributed by atoms with Gasteiger partial charge in [0.2, 0.25) is 5.78 Å². The van der Waals surface area contributed by atoms with Gasteiger partial charge in [-0.25, -0.2) is 13.6 Å². The van der Waals surface area contributed by atoms with E-state index in [0.29, 0.717) is 0 Å². The summed E-state index contributed by atoms with van der Waals surface area (Å²) in [6.45, 7) is 0. The van der Waals surface area contributed by atoms with E-state index in [0.717, 1.165) is 0 Å². The summed E-state index contributed by atoms with van der Waals surface area (Å²) in [7, 11) is 0. The highest BCUT2D eigenvalue weighted by Crippen LogP contribution is 2.31. The van der Waals surface area contributed by atoms with Crippen molar-refractivity contribution in [2.45, 2.75) is 12.3 Å². The number of ether oxygens (including phenoxy) is 1. The maximum atomic E-state index is 12.8. The van der Waals surface area contributed by atoms with Gasteiger partial charge in [0.25, 0.3) is 0 Å². The summed E-state index contributed by atoms with van der Waals surface area (Å²) in [5.41, 5.74) is 0.202. The number of hydrogen-bond acceptors (Lipinski definition) is 3. The number of allylic oxidation sites excluding steroid dienone is 1. The molecule has 0 saturated carbocycles. The molecule has 0 N–H and O–H groups in total. The maximum Gasteiger partial charge on any atom is 0.368 e. The van der Waals surface area contributed by atoms with Crippen molar-refractivity contribution < 1.29 is 31.9 Å². The quantitative estimate of drug-likeness (QED) is 0.483. The van der Waals surface area contributed by atoms with Gasteiger partial charge in [-0.2, -0.15) is 8.78 Å². The van der Waals surface area contributed by atoms with E-state index in [1.54, 1.807) is 0 Å². The van der Waals surface area contributed by atoms with Gasteiger partial charge in [0.15, 0.2) is 0 Å². The Morgan fingerprint density at radius 3 is 2.37 bits per heavy atom. The molecule has 0 bridgehead atoms. The highest BCUT2D eigenvalue weighted by atomic mass is 19.3. The normalized spacial score (nSPS) is 16.7. The van der Waals surface area contributed by atoms with Crippen molar-refractivity contribution >= 4 is 17.5 Å². The van der Waals surface area contributed by atoms with Crippen molar-refractivity contribution in [3.05, 3.63) is 41.5 Å². The lowest BCUT2D eigenvalue weighted by molar-refractivity contribution is -0.161. The lowest BCUT2D eigenvalue weighted by atomic mass is 10.1. The monoisotopic (exact) mass is 274 g/mol. The van der Waals surface area contributed by atoms with E-state index >= 15 is 0 Å². The predicted molar refractivity (Wildman–Crippen MR) is 55.8 cm³/mol. The molecule has 0 atom stereocenters. The van der Waals surface area contributed by atoms with Crippen LogP contribution in [0.15, 0.2) is 30.3 Å². The molecular formula is C12H6F4O3. The fraction of sp³-hybridized carbons (Fsp3) is 0.167. The molecule has 1 aromatic carbocycles. The minimum absolute atomic E-state index is 0.0851. The minimum Gasteiger partial charge on any atom is -0.422 e. The number of fused-ring (bicyclic) bond motifs is 1. The fourth-order valence-corrected chi connectivity index (χ4v) is 1.52. The maximum absolute atomic E-state index is 12.8. The Kier molecular flexibility index (Phi) is 3.13. The van der Waals surface area contributed by atoms with Crippen LogP contribution in [-0.4, -0.2) is 24.1 Å². The third-order valence-corrected chi connectivity index (χ3v) is 2.48. The molecular weight excluding hydrogens is 268 g/mol. The van der Waals surface area contributed by atoms with Crippen molar-refractivity contribution in [1.29, 1.82) is 0 Å². The second kappa shape index (κ2) is 4.49. The van der Waals surface area contributed by atoms with E-state index in [2.05, 4.69) is 4.74 Å². The zero-order chi connectivity index (χ0) is 14.2. The lowest BCUT2D eigenvalue weighted by Gasteiger charge is -2.11. The summed E-state index contributed by atoms with van der Waals surface area (Å²) in [5.74, 6) is -8.19. The average Bonchev–Trinajstić information content (AvgIpc) is 2.67. The van der Waals surface area contributed by atoms with Gasteiger partial charge in [-0.15, -0.1) is 0 Å². The van der Waals surface area contributed by atoms with Crippen LogP contribution in [0.2, 0.25) is 0 Å². The summed E-state index contributed by atoms with van der Waals surface area (Å²) in [6.07, 6.45) is -3.90. The summed E-state index contributed by atoms with van der Waals surface area (Å²) in [6, 6.07) is 5.73. The number of esters is 1. The first-order valence-electron chi connectivity index (χ1n) is 5.07. The summed E-state index contributed by atoms with van der Waals surface area (Å²) in [4.78, 5) is 22.4. The van der Waals surface area contributed by atoms with Crippen molar-refractivity contribution in [2.24, 2.45) is 0 Å². The van der Waals surface area contributed by atoms with E-state index in [1.807, 2.05) is 0 Å². The topological polar surface area (TPSA) is 43.4 Å². The number of hydrogen-bond donors (Lipinski definition) is 0. The van der Waals surface area contributed by atoms with Gasteiger partial charge >= 0.3 is 18.3 Å². The molecule has 0 spiro atoms. The first-order valence-corrected chi connectivity index (χ1v) is 5.07. The highest BCUT2D eigenvalue weighted by Gasteiger charge is 2.48. The van der Waals surface area contributed by atoms with Crippen LogP contribution in [0.3, 0.4) is 0 Å². The second-order valence-corrected chi connectivity index (χ2v) is 3.73. The van der Waals surface area contributed by atoms with Gasteiger partial charge < -0.3 is 4.74 Å². The fourth-order valence-electron chi connectivity index (χ4n) is 1.52. The van der Waals surface area contributed by atoms with E-state index in [-0.39, 0.29) is 17.2 Å². The van der Waals surface area contributed by atoms with Gasteiger partial charge in [-0.1, -0.05) is 18.2 Å². The molecule has 3 nitrogen and oxygen atoms in total. The SMILES string of the molecule is O=C1O/C(=C/C(=O)C(F)(F)C(F)F)c2ccccc21. The molecule has 0 amide bonds. The van der Waals surface area contributed by atoms with Crippen molar-refractivity contribution in [3.63, 3.8) is 0 Å². The Bertz CT molecular complexity index is 578. The van der Waals surface area contributed by atoms with E-state index in [4.69, 9.17) is 0 Å². The second-order valence-electron chi connectivity index (χ2n) is 3.73. The molecule has 0 fully saturated rings. The molecule has 0 radical (unpaired) electrons. The van der Waals surface area contributed by atoms with Crippen molar-refractivity contribution in [1.82, 2.24) is 0 Å². The number of carbonyl (C=O) groups is 2. The molecule has 19 heavy (non-hydrogen) atoms. The molecule has 0 unspecified atom stereocenters. The van der Waals surface area contributed by atoms with Crippen LogP contribution < -0.4 is 0 Å². The Hall–Kier alpha value is -2.18. The number of halogens is 4. The van der Waals surface area contributed by atoms with Gasteiger partial charge in [0, 0.05) is 11.6 Å². The molecule has 0 aliphatic carbocycles. The third-order valence-electron chi connectivity index (χ3n) is 2.48. The summed E-state index contributed by atoms with van der Waals surface area (Å²) >= 11 is 0. The number of rotatable bonds is 3. The van der Waals surface area contributed by atoms with Crippen molar-refractivity contribution in [3.8, 4) is 0 Å². The minimum atomic E-state index is -4.81. The van der Waals surface area contributed by atoms with Crippen molar-refractivity contribution in [2.75, 3.05) is 0 Å². The Morgan fingerprint density at radius 1 is 1.21 bits per heavy atom. The average molecular weight is 274 g/mol. The molecule has 2 rings (SSSR count). The third kappa shape index (κ3) is 2.23. The number of ketones is 1. The standard InChI is InChI=1S/C12H6F4O3/c13-11(14)12(15,16)9(17)5-8-6-3-1-2-4-7(6)10(18)19-8/h1-5,11H/b8-5+. The number of carbonyl (C=O) groups excluding carboxylic acids is 2. The molecule has 0 aromatic heterocycles. The molecule has 100 valence electrons. The Balaban J connectivity index is 2.38. The van der Waals surface area contributed by atoms with Gasteiger partial charge in [0.05, 0.1) is 5.56 Å². The van der Waals surface area contributed by atoms with Gasteiger partial charge in [-0.05, 0) is 6.07 Å². The Labute approximate surface area is 104 Å². The largest absolute Gasteiger partial charge is 0.422 e. The molecule has 7 heteroatoms. The number of alkyl halides is 4. The molecule has 1 aliphatic heterocycles. The first kappa shape index (κ1) is 13.3. The van der Waals surface area contributed by atoms with E-state index in [1.165, 1.54) is 24.3 Å². The zero-order valence-electron chi connectivity index (χ0n) is 9.20. The highest BCUT2D eigenvalue weighted by molar-refractivity contribution is 6.08. The zero-order valence-corrected chi connectivity index (χ0v) is 9.20. The van der Waals surface area contributed by atoms with Crippen LogP contribution in [0.5, 0.6) is 0 Å². The van der Waals surface area contributed by atoms with E-state index < -0.39 is 29.9 Å². The number of benzene rings is 1. The van der Waals surface area contributed by atoms with Crippen LogP contribution >= 0.6 is 0 Å². The Morgan fingerprint density at radius 2 is 1.79 bits per heavy atom. The molecule has 1 aromatic rings. The smallest absolute Gasteiger partial charge is 0.368 e. The first-order chi connectivity index (χ1) is 8.84. The lowest BCUT2D eigenvalue weighted by Crippen LogP contribution is -2.35. The van der Waals surface area contributed by atoms with Crippen LogP contribution in [0.4, 0.5) is 17.6 Å². The van der Waals surface area contributed by atoms with E-state index in [9.17, 15) is 27.2 Å². The van der Waals surface area contributed by atoms with Gasteiger partial charge in [0.1, 0.15) is 5.76 Å². The van der Waals surface area contributed by atoms with Crippen LogP contribution in [0.25, 0.3) is 5.76 Å². The van der Waals surface area contributed by atoms with Gasteiger partial charge in [-0.3, -0.25) is 4.79 Å². The van der Waals surface area contributed by atoms with Crippen LogP contribution in [0, 0.1) is 0 Å². The predicted octanol–water partition coefficient (Wildman–Crippen LogP) is 2.67. The summed E-state index contributed by atoms with van der Waals surface area (Å²) < 4.78 is 54.2. The van der Waals surface area contributed by atoms with Crippen LogP contribution in [-0.2, 0) is 9.53 Å². The van der Waals surface area contributed by atoms with Crippen LogP contribution in [0.1, 0.15) is 15.9 Å².